The molecule has 1 aliphatic carbocycles. The Bertz CT molecular complexity index is 155. The molecule has 0 aromatic rings. The lowest BCUT2D eigenvalue weighted by Gasteiger charge is -2.27. The zero-order valence-corrected chi connectivity index (χ0v) is 11.1. The van der Waals surface area contributed by atoms with Crippen molar-refractivity contribution in [3.05, 3.63) is 0 Å². The molecular weight excluding hydrogens is 198 g/mol. The molecule has 3 nitrogen and oxygen atoms in total. The molecule has 1 aliphatic rings. The zero-order valence-electron chi connectivity index (χ0n) is 11.1. The van der Waals surface area contributed by atoms with E-state index in [0.717, 1.165) is 38.9 Å². The van der Waals surface area contributed by atoms with Crippen LogP contribution in [0.3, 0.4) is 0 Å². The Morgan fingerprint density at radius 1 is 1.12 bits per heavy atom. The minimum absolute atomic E-state index is 0.780. The number of rotatable bonds is 8. The topological polar surface area (TPSA) is 27.3 Å². The van der Waals surface area contributed by atoms with Gasteiger partial charge in [-0.1, -0.05) is 33.1 Å². The van der Waals surface area contributed by atoms with E-state index in [1.165, 1.54) is 32.1 Å². The van der Waals surface area contributed by atoms with E-state index >= 15 is 0 Å². The minimum Gasteiger partial charge on any atom is -0.316 e. The average Bonchev–Trinajstić information content (AvgIpc) is 2.35. The lowest BCUT2D eigenvalue weighted by molar-refractivity contribution is 0.235. The largest absolute Gasteiger partial charge is 0.316 e. The van der Waals surface area contributed by atoms with Gasteiger partial charge in [-0.05, 0) is 25.9 Å². The van der Waals surface area contributed by atoms with Gasteiger partial charge in [0.1, 0.15) is 0 Å². The van der Waals surface area contributed by atoms with Crippen LogP contribution in [0.5, 0.6) is 0 Å². The van der Waals surface area contributed by atoms with Gasteiger partial charge in [-0.15, -0.1) is 0 Å². The van der Waals surface area contributed by atoms with Gasteiger partial charge >= 0.3 is 0 Å². The second-order valence-corrected chi connectivity index (χ2v) is 4.76. The third-order valence-electron chi connectivity index (χ3n) is 3.51. The van der Waals surface area contributed by atoms with Crippen LogP contribution in [0.15, 0.2) is 0 Å². The minimum atomic E-state index is 0.780. The monoisotopic (exact) mass is 227 g/mol. The Kier molecular flexibility index (Phi) is 7.81. The molecule has 0 amide bonds. The Hall–Kier alpha value is -0.120. The third kappa shape index (κ3) is 5.83. The maximum atomic E-state index is 3.70. The Morgan fingerprint density at radius 3 is 2.50 bits per heavy atom. The maximum absolute atomic E-state index is 3.70. The van der Waals surface area contributed by atoms with Gasteiger partial charge in [0.15, 0.2) is 0 Å². The molecule has 0 aliphatic heterocycles. The molecule has 0 atom stereocenters. The maximum Gasteiger partial charge on any atom is 0.0482 e. The first-order valence-electron chi connectivity index (χ1n) is 7.03. The van der Waals surface area contributed by atoms with Gasteiger partial charge in [0.05, 0.1) is 0 Å². The van der Waals surface area contributed by atoms with E-state index in [2.05, 4.69) is 29.4 Å². The first-order valence-corrected chi connectivity index (χ1v) is 7.03. The van der Waals surface area contributed by atoms with E-state index < -0.39 is 0 Å². The second-order valence-electron chi connectivity index (χ2n) is 4.76. The summed E-state index contributed by atoms with van der Waals surface area (Å²) < 4.78 is 0. The molecule has 1 fully saturated rings. The summed E-state index contributed by atoms with van der Waals surface area (Å²) in [5, 5.41) is 7.08. The molecular formula is C13H29N3. The van der Waals surface area contributed by atoms with E-state index in [1.807, 2.05) is 0 Å². The summed E-state index contributed by atoms with van der Waals surface area (Å²) in [6, 6.07) is 0.780. The molecule has 0 spiro atoms. The van der Waals surface area contributed by atoms with Crippen molar-refractivity contribution in [2.75, 3.05) is 32.8 Å². The predicted molar refractivity (Wildman–Crippen MR) is 70.7 cm³/mol. The predicted octanol–water partition coefficient (Wildman–Crippen LogP) is 1.80. The van der Waals surface area contributed by atoms with Crippen LogP contribution >= 0.6 is 0 Å². The summed E-state index contributed by atoms with van der Waals surface area (Å²) in [7, 11) is 0. The van der Waals surface area contributed by atoms with Gasteiger partial charge < -0.3 is 10.6 Å². The number of nitrogens with one attached hydrogen (secondary N) is 2. The van der Waals surface area contributed by atoms with Crippen molar-refractivity contribution in [3.8, 4) is 0 Å². The molecule has 0 radical (unpaired) electrons. The molecule has 0 bridgehead atoms. The average molecular weight is 227 g/mol. The second kappa shape index (κ2) is 8.97. The molecule has 0 unspecified atom stereocenters. The van der Waals surface area contributed by atoms with Gasteiger partial charge in [-0.2, -0.15) is 0 Å². The lowest BCUT2D eigenvalue weighted by atomic mass is 9.96. The van der Waals surface area contributed by atoms with E-state index in [0.29, 0.717) is 0 Å². The van der Waals surface area contributed by atoms with Crippen LogP contribution in [0.25, 0.3) is 0 Å². The number of hydrogen-bond acceptors (Lipinski definition) is 3. The number of likely N-dealkylation sites (N-methyl/N-ethyl adjacent to an activating group) is 2. The first-order chi connectivity index (χ1) is 7.86. The molecule has 0 heterocycles. The van der Waals surface area contributed by atoms with Crippen molar-refractivity contribution in [3.63, 3.8) is 0 Å². The van der Waals surface area contributed by atoms with E-state index in [4.69, 9.17) is 0 Å². The van der Waals surface area contributed by atoms with Gasteiger partial charge in [0.2, 0.25) is 0 Å². The van der Waals surface area contributed by atoms with Gasteiger partial charge in [0, 0.05) is 25.8 Å². The highest BCUT2D eigenvalue weighted by atomic mass is 15.2. The zero-order chi connectivity index (χ0) is 11.6. The van der Waals surface area contributed by atoms with Crippen LogP contribution in [0, 0.1) is 0 Å². The Morgan fingerprint density at radius 2 is 1.88 bits per heavy atom. The molecule has 1 rings (SSSR count). The highest BCUT2D eigenvalue weighted by Crippen LogP contribution is 2.17. The molecule has 1 saturated carbocycles. The van der Waals surface area contributed by atoms with Crippen molar-refractivity contribution in [2.45, 2.75) is 52.0 Å². The SMILES string of the molecule is CCNCCN(CC)CNC1CCCCC1. The summed E-state index contributed by atoms with van der Waals surface area (Å²) in [6.45, 7) is 9.96. The number of nitrogens with zero attached hydrogens (tertiary/aromatic N) is 1. The fourth-order valence-electron chi connectivity index (χ4n) is 2.33. The normalized spacial score (nSPS) is 18.2. The molecule has 0 saturated heterocycles. The van der Waals surface area contributed by atoms with Gasteiger partial charge in [-0.3, -0.25) is 4.90 Å². The van der Waals surface area contributed by atoms with E-state index in [1.54, 1.807) is 0 Å². The summed E-state index contributed by atoms with van der Waals surface area (Å²) in [4.78, 5) is 2.48. The van der Waals surface area contributed by atoms with Crippen LogP contribution in [0.2, 0.25) is 0 Å². The number of hydrogen-bond donors (Lipinski definition) is 2. The van der Waals surface area contributed by atoms with Crippen LogP contribution in [0.1, 0.15) is 46.0 Å². The Balaban J connectivity index is 2.07. The first kappa shape index (κ1) is 13.9. The summed E-state index contributed by atoms with van der Waals surface area (Å²) in [6.07, 6.45) is 7.04. The molecule has 2 N–H and O–H groups in total. The van der Waals surface area contributed by atoms with E-state index in [-0.39, 0.29) is 0 Å². The molecule has 96 valence electrons. The molecule has 3 heteroatoms. The summed E-state index contributed by atoms with van der Waals surface area (Å²) in [5.74, 6) is 0. The summed E-state index contributed by atoms with van der Waals surface area (Å²) >= 11 is 0. The highest BCUT2D eigenvalue weighted by Gasteiger charge is 2.13. The summed E-state index contributed by atoms with van der Waals surface area (Å²) in [5.41, 5.74) is 0. The fraction of sp³-hybridized carbons (Fsp3) is 1.00. The smallest absolute Gasteiger partial charge is 0.0482 e. The standard InChI is InChI=1S/C13H29N3/c1-3-14-10-11-16(4-2)12-15-13-8-6-5-7-9-13/h13-15H,3-12H2,1-2H3. The van der Waals surface area contributed by atoms with Gasteiger partial charge in [-0.25, -0.2) is 0 Å². The van der Waals surface area contributed by atoms with Crippen molar-refractivity contribution in [2.24, 2.45) is 0 Å². The van der Waals surface area contributed by atoms with Crippen LogP contribution in [-0.2, 0) is 0 Å². The quantitative estimate of drug-likeness (QED) is 0.489. The van der Waals surface area contributed by atoms with Crippen molar-refractivity contribution in [1.82, 2.24) is 15.5 Å². The molecule has 0 aromatic heterocycles. The van der Waals surface area contributed by atoms with Crippen molar-refractivity contribution >= 4 is 0 Å². The third-order valence-corrected chi connectivity index (χ3v) is 3.51. The lowest BCUT2D eigenvalue weighted by Crippen LogP contribution is -2.43. The fourth-order valence-corrected chi connectivity index (χ4v) is 2.33. The van der Waals surface area contributed by atoms with Crippen molar-refractivity contribution in [1.29, 1.82) is 0 Å². The van der Waals surface area contributed by atoms with Crippen LogP contribution < -0.4 is 10.6 Å². The Labute approximate surface area is 101 Å². The highest BCUT2D eigenvalue weighted by molar-refractivity contribution is 4.71. The van der Waals surface area contributed by atoms with Crippen molar-refractivity contribution < 1.29 is 0 Å². The molecule has 16 heavy (non-hydrogen) atoms. The van der Waals surface area contributed by atoms with Crippen LogP contribution in [-0.4, -0.2) is 43.8 Å². The molecule has 0 aromatic carbocycles. The van der Waals surface area contributed by atoms with E-state index in [9.17, 15) is 0 Å². The van der Waals surface area contributed by atoms with Crippen LogP contribution in [0.4, 0.5) is 0 Å². The van der Waals surface area contributed by atoms with Gasteiger partial charge in [0.25, 0.3) is 0 Å².